The van der Waals surface area contributed by atoms with Crippen LogP contribution in [0.4, 0.5) is 0 Å². The van der Waals surface area contributed by atoms with E-state index in [-0.39, 0.29) is 0 Å². The Kier molecular flexibility index (Phi) is 4.78. The minimum Gasteiger partial charge on any atom is -0.384 e. The third kappa shape index (κ3) is 3.46. The number of hydrogen-bond donors (Lipinski definition) is 0. The summed E-state index contributed by atoms with van der Waals surface area (Å²) in [7, 11) is 1.72. The van der Waals surface area contributed by atoms with E-state index < -0.39 is 0 Å². The lowest BCUT2D eigenvalue weighted by Crippen LogP contribution is -2.01. The number of aromatic nitrogens is 1. The smallest absolute Gasteiger partial charge is 0.0753 e. The number of para-hydroxylation sites is 1. The number of pyridine rings is 1. The van der Waals surface area contributed by atoms with Crippen molar-refractivity contribution in [2.45, 2.75) is 26.7 Å². The van der Waals surface area contributed by atoms with Crippen LogP contribution in [0.5, 0.6) is 0 Å². The third-order valence-electron chi connectivity index (χ3n) is 3.12. The Morgan fingerprint density at radius 2 is 2.11 bits per heavy atom. The first-order valence-corrected chi connectivity index (χ1v) is 7.05. The van der Waals surface area contributed by atoms with Crippen molar-refractivity contribution < 1.29 is 4.74 Å². The fourth-order valence-corrected chi connectivity index (χ4v) is 2.53. The van der Waals surface area contributed by atoms with Crippen molar-refractivity contribution in [3.63, 3.8) is 0 Å². The zero-order valence-corrected chi connectivity index (χ0v) is 12.5. The molecule has 0 spiro atoms. The van der Waals surface area contributed by atoms with E-state index in [0.29, 0.717) is 12.5 Å². The van der Waals surface area contributed by atoms with E-state index in [1.54, 1.807) is 7.11 Å². The van der Waals surface area contributed by atoms with Gasteiger partial charge in [-0.15, -0.1) is 0 Å². The molecule has 0 aliphatic heterocycles. The van der Waals surface area contributed by atoms with Gasteiger partial charge in [-0.2, -0.15) is 0 Å². The van der Waals surface area contributed by atoms with Gasteiger partial charge < -0.3 is 4.74 Å². The molecule has 1 aromatic carbocycles. The van der Waals surface area contributed by atoms with Gasteiger partial charge in [-0.1, -0.05) is 43.6 Å². The van der Waals surface area contributed by atoms with Crippen molar-refractivity contribution >= 4 is 22.5 Å². The number of benzene rings is 1. The van der Waals surface area contributed by atoms with E-state index >= 15 is 0 Å². The molecule has 3 heteroatoms. The number of nitrogens with zero attached hydrogens (tertiary/aromatic N) is 1. The maximum absolute atomic E-state index is 6.38. The molecular weight excluding hydrogens is 258 g/mol. The normalized spacial score (nSPS) is 11.4. The third-order valence-corrected chi connectivity index (χ3v) is 3.43. The SMILES string of the molecule is COCCc1cccc2c(Cl)cc(CC(C)C)nc12. The minimum absolute atomic E-state index is 0.576. The summed E-state index contributed by atoms with van der Waals surface area (Å²) < 4.78 is 5.16. The van der Waals surface area contributed by atoms with Crippen LogP contribution >= 0.6 is 11.6 Å². The molecule has 0 aliphatic rings. The molecule has 0 bridgehead atoms. The van der Waals surface area contributed by atoms with E-state index in [4.69, 9.17) is 21.3 Å². The Morgan fingerprint density at radius 3 is 2.79 bits per heavy atom. The fraction of sp³-hybridized carbons (Fsp3) is 0.438. The molecule has 0 saturated heterocycles. The first-order chi connectivity index (χ1) is 9.11. The van der Waals surface area contributed by atoms with Gasteiger partial charge in [0.25, 0.3) is 0 Å². The molecule has 2 aromatic rings. The molecule has 0 unspecified atom stereocenters. The minimum atomic E-state index is 0.576. The Hall–Kier alpha value is -1.12. The van der Waals surface area contributed by atoms with Crippen LogP contribution in [-0.2, 0) is 17.6 Å². The highest BCUT2D eigenvalue weighted by atomic mass is 35.5. The molecule has 19 heavy (non-hydrogen) atoms. The summed E-state index contributed by atoms with van der Waals surface area (Å²) in [5.74, 6) is 0.576. The second-order valence-electron chi connectivity index (χ2n) is 5.25. The average Bonchev–Trinajstić information content (AvgIpc) is 2.36. The van der Waals surface area contributed by atoms with Gasteiger partial charge >= 0.3 is 0 Å². The molecule has 0 atom stereocenters. The lowest BCUT2D eigenvalue weighted by Gasteiger charge is -2.10. The Bertz CT molecular complexity index is 566. The van der Waals surface area contributed by atoms with Gasteiger partial charge in [0, 0.05) is 18.2 Å². The molecule has 0 amide bonds. The van der Waals surface area contributed by atoms with Crippen LogP contribution in [-0.4, -0.2) is 18.7 Å². The molecule has 0 aliphatic carbocycles. The summed E-state index contributed by atoms with van der Waals surface area (Å²) in [6.07, 6.45) is 1.82. The van der Waals surface area contributed by atoms with Crippen LogP contribution in [0.1, 0.15) is 25.1 Å². The monoisotopic (exact) mass is 277 g/mol. The number of halogens is 1. The van der Waals surface area contributed by atoms with E-state index in [1.165, 1.54) is 5.56 Å². The average molecular weight is 278 g/mol. The zero-order chi connectivity index (χ0) is 13.8. The van der Waals surface area contributed by atoms with Crippen molar-refractivity contribution in [1.29, 1.82) is 0 Å². The lowest BCUT2D eigenvalue weighted by molar-refractivity contribution is 0.202. The summed E-state index contributed by atoms with van der Waals surface area (Å²) in [4.78, 5) is 4.79. The quantitative estimate of drug-likeness (QED) is 0.814. The van der Waals surface area contributed by atoms with Gasteiger partial charge in [0.05, 0.1) is 17.1 Å². The van der Waals surface area contributed by atoms with Crippen molar-refractivity contribution in [1.82, 2.24) is 4.98 Å². The highest BCUT2D eigenvalue weighted by Crippen LogP contribution is 2.26. The fourth-order valence-electron chi connectivity index (χ4n) is 2.25. The summed E-state index contributed by atoms with van der Waals surface area (Å²) in [6, 6.07) is 8.15. The summed E-state index contributed by atoms with van der Waals surface area (Å²) >= 11 is 6.38. The summed E-state index contributed by atoms with van der Waals surface area (Å²) in [5.41, 5.74) is 3.28. The molecular formula is C16H20ClNO. The highest BCUT2D eigenvalue weighted by Gasteiger charge is 2.09. The Morgan fingerprint density at radius 1 is 1.32 bits per heavy atom. The van der Waals surface area contributed by atoms with Crippen LogP contribution in [0, 0.1) is 5.92 Å². The molecule has 1 aromatic heterocycles. The molecule has 2 rings (SSSR count). The highest BCUT2D eigenvalue weighted by molar-refractivity contribution is 6.35. The van der Waals surface area contributed by atoms with Gasteiger partial charge in [0.1, 0.15) is 0 Å². The molecule has 102 valence electrons. The van der Waals surface area contributed by atoms with Crippen molar-refractivity contribution in [3.8, 4) is 0 Å². The first-order valence-electron chi connectivity index (χ1n) is 6.67. The van der Waals surface area contributed by atoms with Crippen LogP contribution in [0.2, 0.25) is 5.02 Å². The van der Waals surface area contributed by atoms with Gasteiger partial charge in [0.15, 0.2) is 0 Å². The Balaban J connectivity index is 2.49. The second-order valence-corrected chi connectivity index (χ2v) is 5.66. The molecule has 0 saturated carbocycles. The first kappa shape index (κ1) is 14.3. The summed E-state index contributed by atoms with van der Waals surface area (Å²) in [5, 5.41) is 1.82. The van der Waals surface area contributed by atoms with Crippen molar-refractivity contribution in [2.24, 2.45) is 5.92 Å². The van der Waals surface area contributed by atoms with E-state index in [1.807, 2.05) is 18.2 Å². The zero-order valence-electron chi connectivity index (χ0n) is 11.7. The van der Waals surface area contributed by atoms with Crippen molar-refractivity contribution in [3.05, 3.63) is 40.5 Å². The van der Waals surface area contributed by atoms with Crippen LogP contribution in [0.25, 0.3) is 10.9 Å². The molecule has 2 nitrogen and oxygen atoms in total. The number of rotatable bonds is 5. The van der Waals surface area contributed by atoms with Crippen LogP contribution in [0.15, 0.2) is 24.3 Å². The largest absolute Gasteiger partial charge is 0.384 e. The Labute approximate surface area is 119 Å². The molecule has 1 heterocycles. The van der Waals surface area contributed by atoms with Gasteiger partial charge in [0.2, 0.25) is 0 Å². The number of hydrogen-bond acceptors (Lipinski definition) is 2. The topological polar surface area (TPSA) is 22.1 Å². The summed E-state index contributed by atoms with van der Waals surface area (Å²) in [6.45, 7) is 5.08. The van der Waals surface area contributed by atoms with Gasteiger partial charge in [-0.25, -0.2) is 0 Å². The van der Waals surface area contributed by atoms with E-state index in [0.717, 1.165) is 34.5 Å². The lowest BCUT2D eigenvalue weighted by atomic mass is 10.0. The predicted octanol–water partition coefficient (Wildman–Crippen LogP) is 4.28. The van der Waals surface area contributed by atoms with E-state index in [9.17, 15) is 0 Å². The molecule has 0 fully saturated rings. The molecule has 0 radical (unpaired) electrons. The van der Waals surface area contributed by atoms with Gasteiger partial charge in [-0.05, 0) is 30.4 Å². The van der Waals surface area contributed by atoms with E-state index in [2.05, 4.69) is 19.9 Å². The number of ether oxygens (including phenoxy) is 1. The maximum atomic E-state index is 6.38. The number of methoxy groups -OCH3 is 1. The van der Waals surface area contributed by atoms with Crippen LogP contribution < -0.4 is 0 Å². The molecule has 0 N–H and O–H groups in total. The standard InChI is InChI=1S/C16H20ClNO/c1-11(2)9-13-10-15(17)14-6-4-5-12(7-8-19-3)16(14)18-13/h4-6,10-11H,7-9H2,1-3H3. The predicted molar refractivity (Wildman–Crippen MR) is 80.9 cm³/mol. The maximum Gasteiger partial charge on any atom is 0.0753 e. The van der Waals surface area contributed by atoms with Crippen molar-refractivity contribution in [2.75, 3.05) is 13.7 Å². The second kappa shape index (κ2) is 6.36. The van der Waals surface area contributed by atoms with Crippen LogP contribution in [0.3, 0.4) is 0 Å². The van der Waals surface area contributed by atoms with Gasteiger partial charge in [-0.3, -0.25) is 4.98 Å². The number of fused-ring (bicyclic) bond motifs is 1.